The van der Waals surface area contributed by atoms with Gasteiger partial charge >= 0.3 is 0 Å². The third-order valence-corrected chi connectivity index (χ3v) is 11.4. The molecule has 0 radical (unpaired) electrons. The number of benzene rings is 8. The maximum Gasteiger partial charge on any atom is 0.0547 e. The van der Waals surface area contributed by atoms with Crippen LogP contribution in [0.15, 0.2) is 176 Å². The molecule has 0 saturated heterocycles. The summed E-state index contributed by atoms with van der Waals surface area (Å²) in [7, 11) is 0. The summed E-state index contributed by atoms with van der Waals surface area (Å²) in [6.07, 6.45) is 0. The van der Waals surface area contributed by atoms with Gasteiger partial charge in [0.1, 0.15) is 0 Å². The molecule has 1 nitrogen and oxygen atoms in total. The van der Waals surface area contributed by atoms with Crippen molar-refractivity contribution in [2.75, 3.05) is 4.90 Å². The van der Waals surface area contributed by atoms with Crippen LogP contribution in [0.25, 0.3) is 52.8 Å². The van der Waals surface area contributed by atoms with Crippen LogP contribution in [0.1, 0.15) is 25.0 Å². The highest BCUT2D eigenvalue weighted by molar-refractivity contribution is 7.26. The lowest BCUT2D eigenvalue weighted by molar-refractivity contribution is 0.641. The first-order valence-corrected chi connectivity index (χ1v) is 17.8. The van der Waals surface area contributed by atoms with Crippen molar-refractivity contribution >= 4 is 70.1 Å². The van der Waals surface area contributed by atoms with Gasteiger partial charge in [0.25, 0.3) is 0 Å². The molecule has 2 heteroatoms. The predicted molar refractivity (Wildman–Crippen MR) is 213 cm³/mol. The Morgan fingerprint density at radius 3 is 1.76 bits per heavy atom. The molecule has 0 aliphatic carbocycles. The summed E-state index contributed by atoms with van der Waals surface area (Å²) in [6.45, 7) is 4.62. The van der Waals surface area contributed by atoms with E-state index in [0.29, 0.717) is 0 Å². The van der Waals surface area contributed by atoms with E-state index in [-0.39, 0.29) is 5.41 Å². The summed E-state index contributed by atoms with van der Waals surface area (Å²) >= 11 is 1.90. The molecular weight excluding hydrogens is 611 g/mol. The highest BCUT2D eigenvalue weighted by Crippen LogP contribution is 2.48. The summed E-state index contributed by atoms with van der Waals surface area (Å²) in [5.41, 5.74) is 8.34. The van der Waals surface area contributed by atoms with E-state index in [2.05, 4.69) is 195 Å². The number of nitrogens with zero attached hydrogens (tertiary/aromatic N) is 1. The van der Waals surface area contributed by atoms with Crippen LogP contribution < -0.4 is 4.90 Å². The standard InChI is InChI=1S/C47H35NS/c1-47(2,35-16-7-4-8-17-35)36-24-28-38(29-25-36)48(37-26-21-33(22-27-37)32-13-5-3-6-14-32)43-31-42-40-19-11-12-20-44(40)49-46(42)45-39-18-10-9-15-34(39)23-30-41(43)45/h3-31H,1-2H3. The van der Waals surface area contributed by atoms with Crippen LogP contribution in [-0.4, -0.2) is 0 Å². The second-order valence-corrected chi connectivity index (χ2v) is 14.4. The maximum atomic E-state index is 2.46. The van der Waals surface area contributed by atoms with Crippen LogP contribution in [0.3, 0.4) is 0 Å². The van der Waals surface area contributed by atoms with Crippen LogP contribution in [-0.2, 0) is 5.41 Å². The molecule has 0 fully saturated rings. The van der Waals surface area contributed by atoms with Gasteiger partial charge in [0.2, 0.25) is 0 Å². The zero-order valence-electron chi connectivity index (χ0n) is 27.6. The first kappa shape index (κ1) is 29.4. The van der Waals surface area contributed by atoms with Crippen LogP contribution in [0.5, 0.6) is 0 Å². The molecule has 1 aromatic heterocycles. The van der Waals surface area contributed by atoms with Gasteiger partial charge in [0.15, 0.2) is 0 Å². The minimum atomic E-state index is -0.123. The monoisotopic (exact) mass is 645 g/mol. The number of hydrogen-bond donors (Lipinski definition) is 0. The lowest BCUT2D eigenvalue weighted by Gasteiger charge is -2.30. The molecule has 8 aromatic carbocycles. The molecule has 0 saturated carbocycles. The van der Waals surface area contributed by atoms with Crippen LogP contribution in [0, 0.1) is 0 Å². The summed E-state index contributed by atoms with van der Waals surface area (Å²) in [4.78, 5) is 2.46. The molecule has 0 unspecified atom stereocenters. The van der Waals surface area contributed by atoms with Crippen molar-refractivity contribution in [2.45, 2.75) is 19.3 Å². The Labute approximate surface area is 291 Å². The van der Waals surface area contributed by atoms with E-state index in [1.165, 1.54) is 69.7 Å². The number of hydrogen-bond acceptors (Lipinski definition) is 2. The average Bonchev–Trinajstić information content (AvgIpc) is 3.54. The smallest absolute Gasteiger partial charge is 0.0547 e. The minimum absolute atomic E-state index is 0.123. The van der Waals surface area contributed by atoms with Crippen molar-refractivity contribution in [3.63, 3.8) is 0 Å². The van der Waals surface area contributed by atoms with E-state index >= 15 is 0 Å². The molecule has 49 heavy (non-hydrogen) atoms. The Balaban J connectivity index is 1.30. The lowest BCUT2D eigenvalue weighted by atomic mass is 9.78. The van der Waals surface area contributed by atoms with Gasteiger partial charge in [0, 0.05) is 47.7 Å². The van der Waals surface area contributed by atoms with E-state index in [1.807, 2.05) is 11.3 Å². The van der Waals surface area contributed by atoms with Crippen molar-refractivity contribution in [3.05, 3.63) is 187 Å². The first-order chi connectivity index (χ1) is 24.1. The Morgan fingerprint density at radius 1 is 0.449 bits per heavy atom. The molecule has 0 aliphatic rings. The number of fused-ring (bicyclic) bond motifs is 7. The molecule has 1 heterocycles. The van der Waals surface area contributed by atoms with E-state index in [9.17, 15) is 0 Å². The highest BCUT2D eigenvalue weighted by Gasteiger charge is 2.25. The number of thiophene rings is 1. The molecule has 9 rings (SSSR count). The SMILES string of the molecule is CC(C)(c1ccccc1)c1ccc(N(c2ccc(-c3ccccc3)cc2)c2cc3c4ccccc4sc3c3c2ccc2ccccc23)cc1. The summed E-state index contributed by atoms with van der Waals surface area (Å²) < 4.78 is 2.66. The molecular formula is C47H35NS. The summed E-state index contributed by atoms with van der Waals surface area (Å²) in [5, 5.41) is 7.72. The van der Waals surface area contributed by atoms with Gasteiger partial charge in [0.05, 0.1) is 5.69 Å². The largest absolute Gasteiger partial charge is 0.310 e. The fourth-order valence-electron chi connectivity index (χ4n) is 7.43. The number of rotatable bonds is 6. The average molecular weight is 646 g/mol. The Hall–Kier alpha value is -5.70. The minimum Gasteiger partial charge on any atom is -0.310 e. The lowest BCUT2D eigenvalue weighted by Crippen LogP contribution is -2.19. The molecule has 0 atom stereocenters. The molecule has 0 aliphatic heterocycles. The molecule has 0 spiro atoms. The fraction of sp³-hybridized carbons (Fsp3) is 0.0638. The second kappa shape index (κ2) is 11.8. The topological polar surface area (TPSA) is 3.24 Å². The third kappa shape index (κ3) is 4.99. The quantitative estimate of drug-likeness (QED) is 0.163. The van der Waals surface area contributed by atoms with Gasteiger partial charge in [-0.05, 0) is 69.4 Å². The summed E-state index contributed by atoms with van der Waals surface area (Å²) in [5.74, 6) is 0. The zero-order valence-corrected chi connectivity index (χ0v) is 28.4. The molecule has 0 bridgehead atoms. The van der Waals surface area contributed by atoms with Crippen molar-refractivity contribution in [1.29, 1.82) is 0 Å². The second-order valence-electron chi connectivity index (χ2n) is 13.4. The molecule has 234 valence electrons. The Morgan fingerprint density at radius 2 is 1.02 bits per heavy atom. The maximum absolute atomic E-state index is 2.46. The first-order valence-electron chi connectivity index (χ1n) is 16.9. The Bertz CT molecular complexity index is 2600. The van der Waals surface area contributed by atoms with E-state index in [0.717, 1.165) is 11.4 Å². The Kier molecular flexibility index (Phi) is 7.07. The summed E-state index contributed by atoms with van der Waals surface area (Å²) in [6, 6.07) is 64.4. The van der Waals surface area contributed by atoms with Gasteiger partial charge in [-0.3, -0.25) is 0 Å². The molecule has 0 amide bonds. The van der Waals surface area contributed by atoms with Gasteiger partial charge in [-0.1, -0.05) is 153 Å². The van der Waals surface area contributed by atoms with E-state index in [4.69, 9.17) is 0 Å². The van der Waals surface area contributed by atoms with Crippen molar-refractivity contribution in [2.24, 2.45) is 0 Å². The fourth-order valence-corrected chi connectivity index (χ4v) is 8.69. The van der Waals surface area contributed by atoms with Crippen LogP contribution in [0.4, 0.5) is 17.1 Å². The van der Waals surface area contributed by atoms with Crippen LogP contribution >= 0.6 is 11.3 Å². The highest BCUT2D eigenvalue weighted by atomic mass is 32.1. The van der Waals surface area contributed by atoms with Gasteiger partial charge < -0.3 is 4.90 Å². The normalized spacial score (nSPS) is 11.9. The van der Waals surface area contributed by atoms with Gasteiger partial charge in [-0.2, -0.15) is 0 Å². The molecule has 9 aromatic rings. The van der Waals surface area contributed by atoms with E-state index in [1.54, 1.807) is 0 Å². The third-order valence-electron chi connectivity index (χ3n) is 10.2. The van der Waals surface area contributed by atoms with Crippen molar-refractivity contribution in [3.8, 4) is 11.1 Å². The zero-order chi connectivity index (χ0) is 33.0. The molecule has 0 N–H and O–H groups in total. The predicted octanol–water partition coefficient (Wildman–Crippen LogP) is 13.8. The van der Waals surface area contributed by atoms with Gasteiger partial charge in [-0.25, -0.2) is 0 Å². The van der Waals surface area contributed by atoms with Crippen molar-refractivity contribution in [1.82, 2.24) is 0 Å². The number of anilines is 3. The van der Waals surface area contributed by atoms with Crippen LogP contribution in [0.2, 0.25) is 0 Å². The van der Waals surface area contributed by atoms with E-state index < -0.39 is 0 Å². The van der Waals surface area contributed by atoms with Gasteiger partial charge in [-0.15, -0.1) is 11.3 Å². The van der Waals surface area contributed by atoms with Crippen molar-refractivity contribution < 1.29 is 0 Å².